The molecule has 2 amide bonds. The van der Waals surface area contributed by atoms with E-state index in [1.165, 1.54) is 41.3 Å². The molecule has 0 saturated heterocycles. The Hall–Kier alpha value is -5.68. The van der Waals surface area contributed by atoms with Crippen LogP contribution in [0.5, 0.6) is 11.5 Å². The van der Waals surface area contributed by atoms with Crippen molar-refractivity contribution in [1.82, 2.24) is 10.2 Å². The minimum absolute atomic E-state index is 0.0501. The molecule has 0 bridgehead atoms. The molecule has 2 N–H and O–H groups in total. The van der Waals surface area contributed by atoms with Crippen LogP contribution in [-0.4, -0.2) is 38.8 Å². The molecule has 11 heteroatoms. The summed E-state index contributed by atoms with van der Waals surface area (Å²) < 4.78 is 52.4. The van der Waals surface area contributed by atoms with Gasteiger partial charge < -0.3 is 19.7 Å². The number of nitrogens with one attached hydrogen (secondary N) is 2. The van der Waals surface area contributed by atoms with Crippen molar-refractivity contribution < 1.29 is 31.9 Å². The van der Waals surface area contributed by atoms with Crippen LogP contribution in [0.15, 0.2) is 138 Å². The van der Waals surface area contributed by atoms with Crippen LogP contribution in [0.25, 0.3) is 0 Å². The molecule has 0 aliphatic carbocycles. The summed E-state index contributed by atoms with van der Waals surface area (Å²) in [6.07, 6.45) is 0. The van der Waals surface area contributed by atoms with E-state index in [0.29, 0.717) is 11.3 Å². The average Bonchev–Trinajstić information content (AvgIpc) is 3.11. The van der Waals surface area contributed by atoms with Crippen LogP contribution in [0.3, 0.4) is 0 Å². The van der Waals surface area contributed by atoms with E-state index >= 15 is 0 Å². The minimum atomic E-state index is -3.96. The molecule has 0 aliphatic heterocycles. The van der Waals surface area contributed by atoms with Crippen LogP contribution in [0.2, 0.25) is 0 Å². The van der Waals surface area contributed by atoms with Gasteiger partial charge in [-0.05, 0) is 77.4 Å². The molecule has 5 aromatic rings. The Morgan fingerprint density at radius 3 is 1.98 bits per heavy atom. The van der Waals surface area contributed by atoms with E-state index in [9.17, 15) is 22.4 Å². The van der Waals surface area contributed by atoms with Crippen LogP contribution >= 0.6 is 0 Å². The van der Waals surface area contributed by atoms with Crippen LogP contribution in [0.1, 0.15) is 22.7 Å². The topological polar surface area (TPSA) is 114 Å². The molecule has 0 spiro atoms. The Labute approximate surface area is 279 Å². The largest absolute Gasteiger partial charge is 0.497 e. The quantitative estimate of drug-likeness (QED) is 0.148. The second kappa shape index (κ2) is 15.7. The van der Waals surface area contributed by atoms with Crippen molar-refractivity contribution in [3.63, 3.8) is 0 Å². The molecule has 1 atom stereocenters. The number of sulfonamides is 1. The molecule has 0 heterocycles. The SMILES string of the molecule is COc1ccc(CN(C(=O)COc2ccc(S(=O)(=O)Nc3ccc(F)cc3)cc2)C(C(=O)NCc2ccccc2)c2ccccc2)cc1. The molecule has 0 aliphatic rings. The van der Waals surface area contributed by atoms with Gasteiger partial charge in [-0.1, -0.05) is 72.8 Å². The van der Waals surface area contributed by atoms with Crippen LogP contribution < -0.4 is 19.5 Å². The molecule has 1 unspecified atom stereocenters. The summed E-state index contributed by atoms with van der Waals surface area (Å²) >= 11 is 0. The lowest BCUT2D eigenvalue weighted by Gasteiger charge is -2.31. The standard InChI is InChI=1S/C37H34FN3O6S/c1-46-32-18-12-28(13-19-32)25-41(36(29-10-6-3-7-11-29)37(43)39-24-27-8-4-2-5-9-27)35(42)26-47-33-20-22-34(23-21-33)48(44,45)40-31-16-14-30(38)15-17-31/h2-23,36,40H,24-26H2,1H3,(H,39,43). The number of nitrogens with zero attached hydrogens (tertiary/aromatic N) is 1. The summed E-state index contributed by atoms with van der Waals surface area (Å²) in [5, 5.41) is 2.98. The summed E-state index contributed by atoms with van der Waals surface area (Å²) in [4.78, 5) is 29.2. The highest BCUT2D eigenvalue weighted by atomic mass is 32.2. The third-order valence-corrected chi connectivity index (χ3v) is 8.81. The maximum absolute atomic E-state index is 14.0. The second-order valence-electron chi connectivity index (χ2n) is 10.8. The van der Waals surface area contributed by atoms with Gasteiger partial charge >= 0.3 is 0 Å². The Kier molecular flexibility index (Phi) is 11.0. The highest BCUT2D eigenvalue weighted by molar-refractivity contribution is 7.92. The van der Waals surface area contributed by atoms with E-state index in [1.807, 2.05) is 48.5 Å². The first-order chi connectivity index (χ1) is 23.2. The number of rotatable bonds is 14. The second-order valence-corrected chi connectivity index (χ2v) is 12.4. The Morgan fingerprint density at radius 2 is 1.35 bits per heavy atom. The van der Waals surface area contributed by atoms with Crippen molar-refractivity contribution in [3.05, 3.63) is 156 Å². The molecular formula is C37H34FN3O6S. The maximum Gasteiger partial charge on any atom is 0.261 e. The molecule has 5 rings (SSSR count). The molecule has 0 saturated carbocycles. The first-order valence-electron chi connectivity index (χ1n) is 15.0. The van der Waals surface area contributed by atoms with Gasteiger partial charge in [-0.25, -0.2) is 12.8 Å². The first kappa shape index (κ1) is 33.7. The van der Waals surface area contributed by atoms with Crippen LogP contribution in [0.4, 0.5) is 10.1 Å². The molecule has 9 nitrogen and oxygen atoms in total. The molecule has 0 radical (unpaired) electrons. The normalized spacial score (nSPS) is 11.6. The third kappa shape index (κ3) is 8.98. The van der Waals surface area contributed by atoms with Gasteiger partial charge in [0.05, 0.1) is 12.0 Å². The molecule has 5 aromatic carbocycles. The fourth-order valence-corrected chi connectivity index (χ4v) is 5.97. The van der Waals surface area contributed by atoms with Gasteiger partial charge in [0.15, 0.2) is 6.61 Å². The summed E-state index contributed by atoms with van der Waals surface area (Å²) in [6, 6.07) is 35.2. The van der Waals surface area contributed by atoms with Gasteiger partial charge in [0.25, 0.3) is 15.9 Å². The van der Waals surface area contributed by atoms with Gasteiger partial charge in [0.1, 0.15) is 23.4 Å². The number of carbonyl (C=O) groups is 2. The lowest BCUT2D eigenvalue weighted by Crippen LogP contribution is -2.45. The number of halogens is 1. The highest BCUT2D eigenvalue weighted by Crippen LogP contribution is 2.26. The molecule has 246 valence electrons. The van der Waals surface area contributed by atoms with E-state index in [1.54, 1.807) is 43.5 Å². The van der Waals surface area contributed by atoms with Gasteiger partial charge in [0.2, 0.25) is 5.91 Å². The smallest absolute Gasteiger partial charge is 0.261 e. The fourth-order valence-electron chi connectivity index (χ4n) is 4.92. The Bertz CT molecular complexity index is 1910. The average molecular weight is 668 g/mol. The third-order valence-electron chi connectivity index (χ3n) is 7.41. The highest BCUT2D eigenvalue weighted by Gasteiger charge is 2.32. The van der Waals surface area contributed by atoms with E-state index in [0.717, 1.165) is 23.3 Å². The number of hydrogen-bond acceptors (Lipinski definition) is 6. The predicted octanol–water partition coefficient (Wildman–Crippen LogP) is 6.10. The van der Waals surface area contributed by atoms with Gasteiger partial charge in [-0.15, -0.1) is 0 Å². The lowest BCUT2D eigenvalue weighted by atomic mass is 10.0. The van der Waals surface area contributed by atoms with Crippen molar-refractivity contribution in [2.75, 3.05) is 18.4 Å². The molecule has 0 fully saturated rings. The van der Waals surface area contributed by atoms with Gasteiger partial charge in [-0.2, -0.15) is 0 Å². The zero-order valence-corrected chi connectivity index (χ0v) is 26.9. The predicted molar refractivity (Wildman–Crippen MR) is 180 cm³/mol. The molecular weight excluding hydrogens is 633 g/mol. The minimum Gasteiger partial charge on any atom is -0.497 e. The van der Waals surface area contributed by atoms with Gasteiger partial charge in [0, 0.05) is 18.8 Å². The maximum atomic E-state index is 14.0. The lowest BCUT2D eigenvalue weighted by molar-refractivity contribution is -0.143. The number of hydrogen-bond donors (Lipinski definition) is 2. The van der Waals surface area contributed by atoms with Crippen molar-refractivity contribution in [2.45, 2.75) is 24.0 Å². The Morgan fingerprint density at radius 1 is 0.750 bits per heavy atom. The molecule has 0 aromatic heterocycles. The summed E-state index contributed by atoms with van der Waals surface area (Å²) in [6.45, 7) is -0.0581. The summed E-state index contributed by atoms with van der Waals surface area (Å²) in [5.74, 6) is -0.421. The van der Waals surface area contributed by atoms with Crippen LogP contribution in [0, 0.1) is 5.82 Å². The summed E-state index contributed by atoms with van der Waals surface area (Å²) in [5.41, 5.74) is 2.50. The number of methoxy groups -OCH3 is 1. The van der Waals surface area contributed by atoms with E-state index in [2.05, 4.69) is 10.0 Å². The van der Waals surface area contributed by atoms with Crippen molar-refractivity contribution in [3.8, 4) is 11.5 Å². The zero-order valence-electron chi connectivity index (χ0n) is 26.1. The van der Waals surface area contributed by atoms with E-state index in [-0.39, 0.29) is 35.3 Å². The van der Waals surface area contributed by atoms with Crippen molar-refractivity contribution in [2.24, 2.45) is 0 Å². The number of anilines is 1. The number of ether oxygens (including phenoxy) is 2. The van der Waals surface area contributed by atoms with Gasteiger partial charge in [-0.3, -0.25) is 14.3 Å². The van der Waals surface area contributed by atoms with Crippen LogP contribution in [-0.2, 0) is 32.7 Å². The van der Waals surface area contributed by atoms with Crippen molar-refractivity contribution >= 4 is 27.5 Å². The Balaban J connectivity index is 1.36. The van der Waals surface area contributed by atoms with E-state index in [4.69, 9.17) is 9.47 Å². The zero-order chi connectivity index (χ0) is 33.9. The number of benzene rings is 5. The first-order valence-corrected chi connectivity index (χ1v) is 16.5. The molecule has 48 heavy (non-hydrogen) atoms. The monoisotopic (exact) mass is 667 g/mol. The van der Waals surface area contributed by atoms with Crippen molar-refractivity contribution in [1.29, 1.82) is 0 Å². The van der Waals surface area contributed by atoms with E-state index < -0.39 is 34.4 Å². The number of amides is 2. The number of carbonyl (C=O) groups excluding carboxylic acids is 2. The summed E-state index contributed by atoms with van der Waals surface area (Å²) in [7, 11) is -2.40. The fraction of sp³-hybridized carbons (Fsp3) is 0.135.